The number of rotatable bonds is 8. The van der Waals surface area contributed by atoms with Crippen LogP contribution in [0.3, 0.4) is 0 Å². The summed E-state index contributed by atoms with van der Waals surface area (Å²) in [6.45, 7) is 4.26. The van der Waals surface area contributed by atoms with Crippen LogP contribution in [0.15, 0.2) is 29.3 Å². The molecule has 3 aliphatic rings. The van der Waals surface area contributed by atoms with Gasteiger partial charge in [0.2, 0.25) is 0 Å². The van der Waals surface area contributed by atoms with Gasteiger partial charge in [-0.25, -0.2) is 4.79 Å². The van der Waals surface area contributed by atoms with E-state index in [2.05, 4.69) is 49.9 Å². The van der Waals surface area contributed by atoms with Crippen LogP contribution in [0.25, 0.3) is 0 Å². The molecule has 3 atom stereocenters. The average molecular weight is 502 g/mol. The normalized spacial score (nSPS) is 30.8. The molecule has 1 N–H and O–H groups in total. The number of benzene rings is 1. The molecule has 2 saturated carbocycles. The zero-order valence-electron chi connectivity index (χ0n) is 22.0. The summed E-state index contributed by atoms with van der Waals surface area (Å²) >= 11 is 6.16. The fourth-order valence-electron chi connectivity index (χ4n) is 7.39. The number of hydrogen-bond acceptors (Lipinski definition) is 4. The Morgan fingerprint density at radius 3 is 2.26 bits per heavy atom. The van der Waals surface area contributed by atoms with Gasteiger partial charge in [-0.3, -0.25) is 4.99 Å². The fourth-order valence-corrected chi connectivity index (χ4v) is 7.52. The molecule has 5 nitrogen and oxygen atoms in total. The molecular weight excluding hydrogens is 458 g/mol. The van der Waals surface area contributed by atoms with Crippen molar-refractivity contribution in [2.24, 2.45) is 22.7 Å². The van der Waals surface area contributed by atoms with Crippen molar-refractivity contribution < 1.29 is 9.90 Å². The second-order valence-electron chi connectivity index (χ2n) is 11.9. The Morgan fingerprint density at radius 2 is 1.71 bits per heavy atom. The molecule has 1 aliphatic heterocycles. The molecule has 1 aromatic carbocycles. The monoisotopic (exact) mass is 501 g/mol. The average Bonchev–Trinajstić information content (AvgIpc) is 3.21. The highest BCUT2D eigenvalue weighted by Gasteiger charge is 2.56. The zero-order valence-corrected chi connectivity index (χ0v) is 22.8. The van der Waals surface area contributed by atoms with E-state index in [1.807, 2.05) is 18.5 Å². The Labute approximate surface area is 216 Å². The largest absolute Gasteiger partial charge is 0.479 e. The van der Waals surface area contributed by atoms with Gasteiger partial charge in [-0.2, -0.15) is 0 Å². The number of carboxylic acid groups (broad SMARTS) is 1. The predicted octanol–water partition coefficient (Wildman–Crippen LogP) is 6.66. The first-order chi connectivity index (χ1) is 16.7. The van der Waals surface area contributed by atoms with Crippen molar-refractivity contribution in [2.75, 3.05) is 14.1 Å². The maximum Gasteiger partial charge on any atom is 0.333 e. The number of aliphatic carboxylic acids is 1. The van der Waals surface area contributed by atoms with Gasteiger partial charge < -0.3 is 14.9 Å². The lowest BCUT2D eigenvalue weighted by Gasteiger charge is -2.47. The van der Waals surface area contributed by atoms with Crippen molar-refractivity contribution in [2.45, 2.75) is 102 Å². The third kappa shape index (κ3) is 5.56. The third-order valence-electron chi connectivity index (χ3n) is 8.80. The van der Waals surface area contributed by atoms with Crippen LogP contribution in [-0.4, -0.2) is 58.9 Å². The molecule has 0 spiro atoms. The lowest BCUT2D eigenvalue weighted by atomic mass is 9.68. The Morgan fingerprint density at radius 1 is 1.09 bits per heavy atom. The molecule has 1 heterocycles. The molecule has 0 radical (unpaired) electrons. The second-order valence-corrected chi connectivity index (χ2v) is 12.3. The molecule has 2 aliphatic carbocycles. The van der Waals surface area contributed by atoms with Crippen LogP contribution in [-0.2, 0) is 4.79 Å². The Kier molecular flexibility index (Phi) is 8.48. The molecule has 3 unspecified atom stereocenters. The van der Waals surface area contributed by atoms with Crippen molar-refractivity contribution in [3.63, 3.8) is 0 Å². The Balaban J connectivity index is 1.56. The smallest absolute Gasteiger partial charge is 0.333 e. The summed E-state index contributed by atoms with van der Waals surface area (Å²) in [5, 5.41) is 11.3. The minimum absolute atomic E-state index is 0.0280. The quantitative estimate of drug-likeness (QED) is 0.432. The van der Waals surface area contributed by atoms with Gasteiger partial charge in [0.25, 0.3) is 0 Å². The van der Waals surface area contributed by atoms with Crippen molar-refractivity contribution in [1.29, 1.82) is 0 Å². The first-order valence-electron chi connectivity index (χ1n) is 13.7. The van der Waals surface area contributed by atoms with Gasteiger partial charge in [0.05, 0.1) is 12.4 Å². The molecule has 35 heavy (non-hydrogen) atoms. The molecule has 0 saturated heterocycles. The third-order valence-corrected chi connectivity index (χ3v) is 9.05. The minimum atomic E-state index is -1.01. The van der Waals surface area contributed by atoms with Crippen molar-refractivity contribution in [1.82, 2.24) is 9.80 Å². The van der Waals surface area contributed by atoms with E-state index in [0.717, 1.165) is 43.5 Å². The maximum absolute atomic E-state index is 12.9. The Hall–Kier alpha value is -1.59. The number of nitrogens with zero attached hydrogens (tertiary/aromatic N) is 3. The van der Waals surface area contributed by atoms with Gasteiger partial charge >= 0.3 is 5.97 Å². The number of carboxylic acids is 1. The van der Waals surface area contributed by atoms with E-state index in [9.17, 15) is 9.90 Å². The summed E-state index contributed by atoms with van der Waals surface area (Å²) in [5.41, 5.74) is 0.302. The van der Waals surface area contributed by atoms with E-state index in [1.165, 1.54) is 24.8 Å². The first kappa shape index (κ1) is 26.5. The molecule has 0 amide bonds. The molecule has 194 valence electrons. The van der Waals surface area contributed by atoms with E-state index < -0.39 is 11.5 Å². The summed E-state index contributed by atoms with van der Waals surface area (Å²) in [4.78, 5) is 22.5. The van der Waals surface area contributed by atoms with Crippen molar-refractivity contribution in [3.8, 4) is 0 Å². The highest BCUT2D eigenvalue weighted by Crippen LogP contribution is 2.47. The number of hydrogen-bond donors (Lipinski definition) is 1. The summed E-state index contributed by atoms with van der Waals surface area (Å²) in [6.07, 6.45) is 13.0. The molecule has 1 aromatic rings. The molecule has 6 heteroatoms. The van der Waals surface area contributed by atoms with E-state index >= 15 is 0 Å². The van der Waals surface area contributed by atoms with Gasteiger partial charge in [-0.15, -0.1) is 0 Å². The lowest BCUT2D eigenvalue weighted by Crippen LogP contribution is -2.58. The number of halogens is 1. The van der Waals surface area contributed by atoms with Gasteiger partial charge in [-0.05, 0) is 94.5 Å². The molecular formula is C29H44ClN3O2. The van der Waals surface area contributed by atoms with Crippen LogP contribution in [0.5, 0.6) is 0 Å². The van der Waals surface area contributed by atoms with Crippen LogP contribution in [0.1, 0.15) is 89.7 Å². The lowest BCUT2D eigenvalue weighted by molar-refractivity contribution is -0.147. The summed E-state index contributed by atoms with van der Waals surface area (Å²) < 4.78 is 0. The summed E-state index contributed by atoms with van der Waals surface area (Å²) in [6, 6.07) is 9.06. The summed E-state index contributed by atoms with van der Waals surface area (Å²) in [7, 11) is 4.33. The SMILES string of the molecule is CC(C)CC1(C(=O)O)N=CN(C2CCCCC2)C1C1CCC(C(c2ccc(Cl)cc2)N(C)C)CC1. The van der Waals surface area contributed by atoms with Crippen molar-refractivity contribution in [3.05, 3.63) is 34.9 Å². The van der Waals surface area contributed by atoms with E-state index in [-0.39, 0.29) is 12.0 Å². The van der Waals surface area contributed by atoms with Crippen molar-refractivity contribution >= 4 is 23.9 Å². The van der Waals surface area contributed by atoms with Crippen LogP contribution >= 0.6 is 11.6 Å². The second kappa shape index (κ2) is 11.2. The van der Waals surface area contributed by atoms with Gasteiger partial charge in [-0.1, -0.05) is 56.8 Å². The van der Waals surface area contributed by atoms with Gasteiger partial charge in [0.15, 0.2) is 5.54 Å². The maximum atomic E-state index is 12.9. The highest BCUT2D eigenvalue weighted by molar-refractivity contribution is 6.30. The summed E-state index contributed by atoms with van der Waals surface area (Å²) in [5.74, 6) is 0.465. The minimum Gasteiger partial charge on any atom is -0.479 e. The van der Waals surface area contributed by atoms with E-state index in [1.54, 1.807) is 0 Å². The highest BCUT2D eigenvalue weighted by atomic mass is 35.5. The fraction of sp³-hybridized carbons (Fsp3) is 0.724. The van der Waals surface area contributed by atoms with Gasteiger partial charge in [0.1, 0.15) is 0 Å². The zero-order chi connectivity index (χ0) is 25.2. The van der Waals surface area contributed by atoms with E-state index in [0.29, 0.717) is 30.3 Å². The van der Waals surface area contributed by atoms with Crippen LogP contribution in [0, 0.1) is 17.8 Å². The predicted molar refractivity (Wildman–Crippen MR) is 144 cm³/mol. The number of aliphatic imine (C=N–C) groups is 1. The van der Waals surface area contributed by atoms with Crippen LogP contribution in [0.4, 0.5) is 0 Å². The van der Waals surface area contributed by atoms with Gasteiger partial charge in [0, 0.05) is 17.1 Å². The van der Waals surface area contributed by atoms with E-state index in [4.69, 9.17) is 16.6 Å². The number of carbonyl (C=O) groups is 1. The molecule has 0 aromatic heterocycles. The Bertz CT molecular complexity index is 872. The molecule has 0 bridgehead atoms. The van der Waals surface area contributed by atoms with Crippen LogP contribution in [0.2, 0.25) is 5.02 Å². The molecule has 2 fully saturated rings. The molecule has 4 rings (SSSR count). The van der Waals surface area contributed by atoms with Crippen LogP contribution < -0.4 is 0 Å². The standard InChI is InChI=1S/C29H44ClN3O2/c1-20(2)18-29(28(34)35)27(33(19-31-29)25-8-6-5-7-9-25)23-12-10-21(11-13-23)26(32(3)4)22-14-16-24(30)17-15-22/h14-17,19-21,23,25-27H,5-13,18H2,1-4H3,(H,34,35). The first-order valence-corrected chi connectivity index (χ1v) is 14.1. The topological polar surface area (TPSA) is 56.1 Å².